The van der Waals surface area contributed by atoms with Crippen molar-refractivity contribution in [3.05, 3.63) is 60.2 Å². The number of carbonyl (C=O) groups is 2. The van der Waals surface area contributed by atoms with Gasteiger partial charge in [0, 0.05) is 23.1 Å². The number of aliphatic imine (C=N–C) groups is 1. The maximum absolute atomic E-state index is 12.6. The molecule has 0 aliphatic carbocycles. The van der Waals surface area contributed by atoms with E-state index in [1.54, 1.807) is 24.3 Å². The van der Waals surface area contributed by atoms with E-state index < -0.39 is 5.91 Å². The number of benzene rings is 2. The first kappa shape index (κ1) is 20.0. The molecule has 3 aromatic rings. The lowest BCUT2D eigenvalue weighted by Crippen LogP contribution is -2.24. The molecule has 1 aromatic heterocycles. The first-order valence-electron chi connectivity index (χ1n) is 9.42. The molecule has 7 nitrogen and oxygen atoms in total. The summed E-state index contributed by atoms with van der Waals surface area (Å²) in [6, 6.07) is 16.4. The van der Waals surface area contributed by atoms with Gasteiger partial charge in [-0.15, -0.1) is 0 Å². The van der Waals surface area contributed by atoms with Crippen LogP contribution >= 0.6 is 0 Å². The smallest absolute Gasteiger partial charge is 0.280 e. The molecule has 1 heterocycles. The van der Waals surface area contributed by atoms with Gasteiger partial charge in [0.2, 0.25) is 5.91 Å². The number of pyridine rings is 1. The van der Waals surface area contributed by atoms with Crippen LogP contribution in [-0.2, 0) is 4.79 Å². The number of rotatable bonds is 6. The summed E-state index contributed by atoms with van der Waals surface area (Å²) in [6.45, 7) is 2.04. The summed E-state index contributed by atoms with van der Waals surface area (Å²) in [7, 11) is 0. The zero-order chi connectivity index (χ0) is 20.8. The van der Waals surface area contributed by atoms with Gasteiger partial charge >= 0.3 is 0 Å². The molecule has 3 rings (SSSR count). The van der Waals surface area contributed by atoms with E-state index in [2.05, 4.69) is 15.3 Å². The van der Waals surface area contributed by atoms with Crippen LogP contribution < -0.4 is 16.8 Å². The van der Waals surface area contributed by atoms with E-state index in [0.29, 0.717) is 34.3 Å². The second kappa shape index (κ2) is 8.97. The molecule has 0 spiro atoms. The van der Waals surface area contributed by atoms with Crippen molar-refractivity contribution in [3.8, 4) is 11.3 Å². The van der Waals surface area contributed by atoms with Gasteiger partial charge in [-0.2, -0.15) is 4.99 Å². The van der Waals surface area contributed by atoms with Gasteiger partial charge in [-0.25, -0.2) is 4.98 Å². The summed E-state index contributed by atoms with van der Waals surface area (Å²) in [5, 5.41) is 3.48. The van der Waals surface area contributed by atoms with Crippen LogP contribution in [0.4, 0.5) is 5.69 Å². The summed E-state index contributed by atoms with van der Waals surface area (Å²) in [5.41, 5.74) is 13.8. The minimum atomic E-state index is -0.547. The zero-order valence-electron chi connectivity index (χ0n) is 16.2. The largest absolute Gasteiger partial charge is 0.370 e. The predicted molar refractivity (Wildman–Crippen MR) is 115 cm³/mol. The van der Waals surface area contributed by atoms with Crippen LogP contribution in [0.5, 0.6) is 0 Å². The van der Waals surface area contributed by atoms with Gasteiger partial charge in [0.1, 0.15) is 0 Å². The van der Waals surface area contributed by atoms with Gasteiger partial charge in [0.05, 0.1) is 16.8 Å². The van der Waals surface area contributed by atoms with Gasteiger partial charge in [0.15, 0.2) is 5.96 Å². The number of aromatic nitrogens is 1. The fraction of sp³-hybridized carbons (Fsp3) is 0.182. The van der Waals surface area contributed by atoms with Crippen molar-refractivity contribution in [2.24, 2.45) is 16.5 Å². The van der Waals surface area contributed by atoms with E-state index in [1.807, 2.05) is 37.3 Å². The molecular formula is C22H23N5O2. The average molecular weight is 389 g/mol. The molecule has 0 unspecified atom stereocenters. The number of nitrogens with one attached hydrogen (secondary N) is 1. The number of nitrogens with zero attached hydrogens (tertiary/aromatic N) is 2. The lowest BCUT2D eigenvalue weighted by molar-refractivity contribution is -0.116. The Morgan fingerprint density at radius 3 is 2.52 bits per heavy atom. The third-order valence-corrected chi connectivity index (χ3v) is 4.38. The molecule has 148 valence electrons. The number of carbonyl (C=O) groups excluding carboxylic acids is 2. The number of hydrogen-bond acceptors (Lipinski definition) is 3. The Hall–Kier alpha value is -3.74. The normalized spacial score (nSPS) is 10.5. The van der Waals surface area contributed by atoms with Gasteiger partial charge in [-0.05, 0) is 30.7 Å². The number of nitrogens with two attached hydrogens (primary N) is 2. The van der Waals surface area contributed by atoms with Crippen LogP contribution in [0.3, 0.4) is 0 Å². The Bertz CT molecular complexity index is 1070. The van der Waals surface area contributed by atoms with Gasteiger partial charge in [-0.1, -0.05) is 43.7 Å². The number of hydrogen-bond donors (Lipinski definition) is 3. The number of fused-ring (bicyclic) bond motifs is 1. The van der Waals surface area contributed by atoms with E-state index >= 15 is 0 Å². The van der Waals surface area contributed by atoms with Crippen molar-refractivity contribution in [1.29, 1.82) is 0 Å². The van der Waals surface area contributed by atoms with Crippen LogP contribution in [0.15, 0.2) is 59.6 Å². The summed E-state index contributed by atoms with van der Waals surface area (Å²) in [4.78, 5) is 33.0. The van der Waals surface area contributed by atoms with Gasteiger partial charge in [0.25, 0.3) is 5.91 Å². The Balaban J connectivity index is 2.09. The van der Waals surface area contributed by atoms with Gasteiger partial charge in [-0.3, -0.25) is 9.59 Å². The third-order valence-electron chi connectivity index (χ3n) is 4.38. The highest BCUT2D eigenvalue weighted by Crippen LogP contribution is 2.27. The number of amides is 2. The number of unbranched alkanes of at least 4 members (excludes halogenated alkanes) is 1. The molecule has 0 radical (unpaired) electrons. The highest BCUT2D eigenvalue weighted by molar-refractivity contribution is 6.11. The molecule has 0 aliphatic rings. The SMILES string of the molecule is CCCCC(=O)Nc1ccc2c(C(=O)N=C(N)N)cc(-c3ccccc3)nc2c1. The molecule has 0 atom stereocenters. The summed E-state index contributed by atoms with van der Waals surface area (Å²) >= 11 is 0. The first-order valence-corrected chi connectivity index (χ1v) is 9.42. The Kier molecular flexibility index (Phi) is 6.19. The quantitative estimate of drug-likeness (QED) is 0.440. The minimum Gasteiger partial charge on any atom is -0.370 e. The standard InChI is InChI=1S/C22H23N5O2/c1-2-3-9-20(28)25-15-10-11-16-17(21(29)27-22(23)24)13-18(26-19(16)12-15)14-7-5-4-6-8-14/h4-8,10-13H,2-3,9H2,1H3,(H,25,28)(H4,23,24,27,29). The minimum absolute atomic E-state index is 0.0535. The predicted octanol–water partition coefficient (Wildman–Crippen LogP) is 3.44. The molecule has 0 bridgehead atoms. The number of guanidine groups is 1. The highest BCUT2D eigenvalue weighted by Gasteiger charge is 2.15. The van der Waals surface area contributed by atoms with Crippen molar-refractivity contribution in [3.63, 3.8) is 0 Å². The van der Waals surface area contributed by atoms with Crippen LogP contribution in [0.1, 0.15) is 36.5 Å². The lowest BCUT2D eigenvalue weighted by Gasteiger charge is -2.10. The van der Waals surface area contributed by atoms with Crippen LogP contribution in [0.25, 0.3) is 22.2 Å². The molecule has 0 aliphatic heterocycles. The van der Waals surface area contributed by atoms with E-state index in [-0.39, 0.29) is 11.9 Å². The fourth-order valence-electron chi connectivity index (χ4n) is 2.98. The summed E-state index contributed by atoms with van der Waals surface area (Å²) in [6.07, 6.45) is 2.23. The van der Waals surface area contributed by atoms with Crippen molar-refractivity contribution >= 4 is 34.4 Å². The topological polar surface area (TPSA) is 123 Å². The first-order chi connectivity index (χ1) is 14.0. The highest BCUT2D eigenvalue weighted by atomic mass is 16.2. The molecule has 2 aromatic carbocycles. The van der Waals surface area contributed by atoms with Crippen LogP contribution in [-0.4, -0.2) is 22.8 Å². The second-order valence-corrected chi connectivity index (χ2v) is 6.65. The Labute approximate surface area is 168 Å². The third kappa shape index (κ3) is 4.95. The Morgan fingerprint density at radius 1 is 1.07 bits per heavy atom. The zero-order valence-corrected chi connectivity index (χ0v) is 16.2. The maximum atomic E-state index is 12.6. The second-order valence-electron chi connectivity index (χ2n) is 6.65. The molecule has 7 heteroatoms. The molecule has 5 N–H and O–H groups in total. The number of anilines is 1. The van der Waals surface area contributed by atoms with Crippen molar-refractivity contribution in [2.45, 2.75) is 26.2 Å². The molecule has 2 amide bonds. The Morgan fingerprint density at radius 2 is 1.83 bits per heavy atom. The summed E-state index contributed by atoms with van der Waals surface area (Å²) < 4.78 is 0. The van der Waals surface area contributed by atoms with Gasteiger partial charge < -0.3 is 16.8 Å². The van der Waals surface area contributed by atoms with Crippen LogP contribution in [0.2, 0.25) is 0 Å². The average Bonchev–Trinajstić information content (AvgIpc) is 2.71. The van der Waals surface area contributed by atoms with Crippen molar-refractivity contribution in [1.82, 2.24) is 4.98 Å². The van der Waals surface area contributed by atoms with E-state index in [4.69, 9.17) is 11.5 Å². The fourth-order valence-corrected chi connectivity index (χ4v) is 2.98. The monoisotopic (exact) mass is 389 g/mol. The molecule has 0 fully saturated rings. The molecule has 29 heavy (non-hydrogen) atoms. The summed E-state index contributed by atoms with van der Waals surface area (Å²) in [5.74, 6) is -0.905. The van der Waals surface area contributed by atoms with E-state index in [9.17, 15) is 9.59 Å². The van der Waals surface area contributed by atoms with E-state index in [1.165, 1.54) is 0 Å². The molecular weight excluding hydrogens is 366 g/mol. The maximum Gasteiger partial charge on any atom is 0.280 e. The molecule has 0 saturated carbocycles. The van der Waals surface area contributed by atoms with Crippen molar-refractivity contribution in [2.75, 3.05) is 5.32 Å². The van der Waals surface area contributed by atoms with Crippen molar-refractivity contribution < 1.29 is 9.59 Å². The van der Waals surface area contributed by atoms with Crippen LogP contribution in [0, 0.1) is 0 Å². The lowest BCUT2D eigenvalue weighted by atomic mass is 10.0. The molecule has 0 saturated heterocycles. The van der Waals surface area contributed by atoms with E-state index in [0.717, 1.165) is 18.4 Å².